The molecule has 0 bridgehead atoms. The van der Waals surface area contributed by atoms with Crippen LogP contribution in [0.5, 0.6) is 0 Å². The Balaban J connectivity index is 2.48. The van der Waals surface area contributed by atoms with Crippen LogP contribution >= 0.6 is 22.9 Å². The zero-order valence-corrected chi connectivity index (χ0v) is 10.9. The molecule has 0 saturated carbocycles. The van der Waals surface area contributed by atoms with Crippen LogP contribution in [0.15, 0.2) is 29.0 Å². The third-order valence-corrected chi connectivity index (χ3v) is 3.36. The highest BCUT2D eigenvalue weighted by Crippen LogP contribution is 2.35. The van der Waals surface area contributed by atoms with Crippen LogP contribution in [0.2, 0.25) is 5.02 Å². The fraction of sp³-hybridized carbons (Fsp3) is 0.0833. The number of thiophene rings is 1. The highest BCUT2D eigenvalue weighted by Gasteiger charge is 2.36. The summed E-state index contributed by atoms with van der Waals surface area (Å²) in [4.78, 5) is 12.1. The van der Waals surface area contributed by atoms with E-state index >= 15 is 0 Å². The molecule has 1 heterocycles. The van der Waals surface area contributed by atoms with Gasteiger partial charge in [-0.2, -0.15) is 24.5 Å². The summed E-state index contributed by atoms with van der Waals surface area (Å²) in [5.74, 6) is -0.747. The smallest absolute Gasteiger partial charge is 0.399 e. The minimum absolute atomic E-state index is 0.0360. The molecule has 0 amide bonds. The predicted molar refractivity (Wildman–Crippen MR) is 68.6 cm³/mol. The Hall–Kier alpha value is -1.53. The molecule has 1 aromatic heterocycles. The molecule has 0 spiro atoms. The van der Waals surface area contributed by atoms with E-state index in [1.807, 2.05) is 0 Å². The summed E-state index contributed by atoms with van der Waals surface area (Å²) < 4.78 is 38.2. The van der Waals surface area contributed by atoms with Gasteiger partial charge in [-0.25, -0.2) is 0 Å². The standard InChI is InChI=1S/C12H7ClF3NOS/c13-7-1-6(2-8(17)3-7)11(18)9-4-19-5-10(9)12(14,15)16/h1-5H,17H2. The molecule has 0 radical (unpaired) electrons. The molecular weight excluding hydrogens is 299 g/mol. The molecule has 1 aromatic carbocycles. The number of nitrogen functional groups attached to an aromatic ring is 1. The number of carbonyl (C=O) groups excluding carboxylic acids is 1. The average molecular weight is 306 g/mol. The number of carbonyl (C=O) groups is 1. The Kier molecular flexibility index (Phi) is 3.56. The zero-order valence-electron chi connectivity index (χ0n) is 9.29. The first-order valence-corrected chi connectivity index (χ1v) is 6.35. The van der Waals surface area contributed by atoms with Gasteiger partial charge in [-0.15, -0.1) is 0 Å². The summed E-state index contributed by atoms with van der Waals surface area (Å²) in [6, 6.07) is 4.00. The molecule has 0 aliphatic heterocycles. The summed E-state index contributed by atoms with van der Waals surface area (Å²) in [5.41, 5.74) is 4.44. The second kappa shape index (κ2) is 4.86. The summed E-state index contributed by atoms with van der Waals surface area (Å²) in [7, 11) is 0. The summed E-state index contributed by atoms with van der Waals surface area (Å²) >= 11 is 6.55. The highest BCUT2D eigenvalue weighted by atomic mass is 35.5. The molecule has 0 saturated heterocycles. The summed E-state index contributed by atoms with van der Waals surface area (Å²) in [6.07, 6.45) is -4.56. The van der Waals surface area contributed by atoms with E-state index in [0.29, 0.717) is 0 Å². The van der Waals surface area contributed by atoms with Crippen molar-refractivity contribution in [1.29, 1.82) is 0 Å². The number of nitrogens with two attached hydrogens (primary N) is 1. The molecule has 0 aliphatic carbocycles. The molecule has 0 atom stereocenters. The second-order valence-corrected chi connectivity index (χ2v) is 4.98. The number of alkyl halides is 3. The Bertz CT molecular complexity index is 616. The number of hydrogen-bond donors (Lipinski definition) is 1. The number of benzene rings is 1. The SMILES string of the molecule is Nc1cc(Cl)cc(C(=O)c2cscc2C(F)(F)F)c1. The van der Waals surface area contributed by atoms with Crippen molar-refractivity contribution in [2.24, 2.45) is 0 Å². The van der Waals surface area contributed by atoms with Crippen LogP contribution in [0.3, 0.4) is 0 Å². The van der Waals surface area contributed by atoms with Crippen molar-refractivity contribution >= 4 is 34.4 Å². The van der Waals surface area contributed by atoms with E-state index in [9.17, 15) is 18.0 Å². The van der Waals surface area contributed by atoms with E-state index in [0.717, 1.165) is 16.7 Å². The Morgan fingerprint density at radius 1 is 1.21 bits per heavy atom. The van der Waals surface area contributed by atoms with Gasteiger partial charge >= 0.3 is 6.18 Å². The molecule has 2 aromatic rings. The normalized spacial score (nSPS) is 11.6. The number of anilines is 1. The van der Waals surface area contributed by atoms with Crippen LogP contribution in [0.25, 0.3) is 0 Å². The minimum Gasteiger partial charge on any atom is -0.399 e. The molecule has 7 heteroatoms. The molecule has 19 heavy (non-hydrogen) atoms. The topological polar surface area (TPSA) is 43.1 Å². The number of rotatable bonds is 2. The van der Waals surface area contributed by atoms with Crippen LogP contribution in [-0.2, 0) is 6.18 Å². The quantitative estimate of drug-likeness (QED) is 0.666. The van der Waals surface area contributed by atoms with Crippen LogP contribution in [0, 0.1) is 0 Å². The molecular formula is C12H7ClF3NOS. The van der Waals surface area contributed by atoms with Crippen LogP contribution in [0.1, 0.15) is 21.5 Å². The lowest BCUT2D eigenvalue weighted by Crippen LogP contribution is -2.11. The van der Waals surface area contributed by atoms with Crippen LogP contribution < -0.4 is 5.73 Å². The molecule has 0 unspecified atom stereocenters. The molecule has 2 N–H and O–H groups in total. The van der Waals surface area contributed by atoms with Crippen molar-refractivity contribution in [3.05, 3.63) is 50.7 Å². The number of hydrogen-bond acceptors (Lipinski definition) is 3. The summed E-state index contributed by atoms with van der Waals surface area (Å²) in [5, 5.41) is 2.27. The maximum atomic E-state index is 12.7. The van der Waals surface area contributed by atoms with Crippen LogP contribution in [-0.4, -0.2) is 5.78 Å². The molecule has 2 nitrogen and oxygen atoms in total. The van der Waals surface area contributed by atoms with Gasteiger partial charge in [-0.1, -0.05) is 11.6 Å². The first-order valence-electron chi connectivity index (χ1n) is 5.03. The Labute approximate surface area is 115 Å². The van der Waals surface area contributed by atoms with Crippen LogP contribution in [0.4, 0.5) is 18.9 Å². The predicted octanol–water partition coefficient (Wildman–Crippen LogP) is 4.23. The lowest BCUT2D eigenvalue weighted by molar-refractivity contribution is -0.137. The van der Waals surface area contributed by atoms with Gasteiger partial charge in [0.1, 0.15) is 0 Å². The Morgan fingerprint density at radius 3 is 2.47 bits per heavy atom. The maximum absolute atomic E-state index is 12.7. The second-order valence-electron chi connectivity index (χ2n) is 3.80. The molecule has 2 rings (SSSR count). The van der Waals surface area contributed by atoms with Crippen molar-refractivity contribution in [3.63, 3.8) is 0 Å². The van der Waals surface area contributed by atoms with Crippen molar-refractivity contribution < 1.29 is 18.0 Å². The van der Waals surface area contributed by atoms with Gasteiger partial charge < -0.3 is 5.73 Å². The van der Waals surface area contributed by atoms with E-state index in [1.54, 1.807) is 0 Å². The van der Waals surface area contributed by atoms with Crippen molar-refractivity contribution in [1.82, 2.24) is 0 Å². The molecule has 0 fully saturated rings. The minimum atomic E-state index is -4.56. The van der Waals surface area contributed by atoms with Gasteiger partial charge in [0.2, 0.25) is 0 Å². The monoisotopic (exact) mass is 305 g/mol. The molecule has 100 valence electrons. The first kappa shape index (κ1) is 13.9. The largest absolute Gasteiger partial charge is 0.417 e. The first-order chi connectivity index (χ1) is 8.79. The fourth-order valence-corrected chi connectivity index (χ4v) is 2.67. The number of halogens is 4. The zero-order chi connectivity index (χ0) is 14.2. The van der Waals surface area contributed by atoms with Gasteiger partial charge in [-0.05, 0) is 18.2 Å². The van der Waals surface area contributed by atoms with Crippen molar-refractivity contribution in [3.8, 4) is 0 Å². The van der Waals surface area contributed by atoms with Gasteiger partial charge in [0.15, 0.2) is 5.78 Å². The van der Waals surface area contributed by atoms with E-state index in [2.05, 4.69) is 0 Å². The third-order valence-electron chi connectivity index (χ3n) is 2.39. The third kappa shape index (κ3) is 2.90. The van der Waals surface area contributed by atoms with E-state index < -0.39 is 17.5 Å². The van der Waals surface area contributed by atoms with Gasteiger partial charge in [-0.3, -0.25) is 4.79 Å². The van der Waals surface area contributed by atoms with Gasteiger partial charge in [0.05, 0.1) is 5.56 Å². The van der Waals surface area contributed by atoms with E-state index in [1.165, 1.54) is 23.6 Å². The van der Waals surface area contributed by atoms with Gasteiger partial charge in [0, 0.05) is 32.6 Å². The van der Waals surface area contributed by atoms with Gasteiger partial charge in [0.25, 0.3) is 0 Å². The average Bonchev–Trinajstić information content (AvgIpc) is 2.74. The maximum Gasteiger partial charge on any atom is 0.417 e. The van der Waals surface area contributed by atoms with Crippen molar-refractivity contribution in [2.45, 2.75) is 6.18 Å². The van der Waals surface area contributed by atoms with Crippen molar-refractivity contribution in [2.75, 3.05) is 5.73 Å². The highest BCUT2D eigenvalue weighted by molar-refractivity contribution is 7.08. The fourth-order valence-electron chi connectivity index (χ4n) is 1.59. The lowest BCUT2D eigenvalue weighted by atomic mass is 10.0. The van der Waals surface area contributed by atoms with E-state index in [-0.39, 0.29) is 21.8 Å². The Morgan fingerprint density at radius 2 is 1.89 bits per heavy atom. The van der Waals surface area contributed by atoms with E-state index in [4.69, 9.17) is 17.3 Å². The molecule has 0 aliphatic rings. The summed E-state index contributed by atoms with van der Waals surface area (Å²) in [6.45, 7) is 0. The number of ketones is 1. The lowest BCUT2D eigenvalue weighted by Gasteiger charge is -2.08.